The Balaban J connectivity index is 0.000000583. The lowest BCUT2D eigenvalue weighted by Gasteiger charge is -2.44. The van der Waals surface area contributed by atoms with Gasteiger partial charge in [-0.2, -0.15) is 0 Å². The van der Waals surface area contributed by atoms with Gasteiger partial charge in [0.1, 0.15) is 58.4 Å². The summed E-state index contributed by atoms with van der Waals surface area (Å²) in [7, 11) is 1.59. The summed E-state index contributed by atoms with van der Waals surface area (Å²) in [6.45, 7) is 0. The molecule has 0 saturated carbocycles. The average molecular weight is 814 g/mol. The van der Waals surface area contributed by atoms with Crippen molar-refractivity contribution in [1.29, 1.82) is 5.39 Å². The van der Waals surface area contributed by atoms with Crippen molar-refractivity contribution in [3.05, 3.63) is 146 Å². The van der Waals surface area contributed by atoms with E-state index < -0.39 is 144 Å². The molecule has 0 aliphatic heterocycles. The fourth-order valence-corrected chi connectivity index (χ4v) is 5.52. The molecule has 290 valence electrons. The summed E-state index contributed by atoms with van der Waals surface area (Å²) in [5.41, 5.74) is -13.8. The fraction of sp³-hybridized carbons (Fsp3) is 0.0323. The molecule has 3 nitrogen and oxygen atoms in total. The smallest absolute Gasteiger partial charge is 0.385 e. The molecule has 0 unspecified atom stereocenters. The van der Waals surface area contributed by atoms with Crippen LogP contribution in [-0.2, 0) is 0 Å². The zero-order valence-corrected chi connectivity index (χ0v) is 25.7. The van der Waals surface area contributed by atoms with E-state index in [1.54, 1.807) is 31.4 Å². The van der Waals surface area contributed by atoms with Crippen LogP contribution >= 0.6 is 0 Å². The van der Waals surface area contributed by atoms with Crippen LogP contribution in [0.3, 0.4) is 0 Å². The molecule has 0 radical (unpaired) electrons. The summed E-state index contributed by atoms with van der Waals surface area (Å²) in [5.74, 6) is -70.6. The van der Waals surface area contributed by atoms with Crippen molar-refractivity contribution in [2.75, 3.05) is 7.11 Å². The summed E-state index contributed by atoms with van der Waals surface area (Å²) < 4.78 is 299. The van der Waals surface area contributed by atoms with E-state index >= 15 is 35.1 Å². The molecule has 5 rings (SSSR count). The molecule has 0 aromatic heterocycles. The first-order valence-corrected chi connectivity index (χ1v) is 13.8. The predicted molar refractivity (Wildman–Crippen MR) is 147 cm³/mol. The minimum atomic E-state index is -7.22. The van der Waals surface area contributed by atoms with E-state index in [-0.39, 0.29) is 0 Å². The molecule has 0 heterocycles. The first kappa shape index (κ1) is 41.7. The lowest BCUT2D eigenvalue weighted by molar-refractivity contribution is 0.378. The third-order valence-electron chi connectivity index (χ3n) is 7.89. The molecule has 0 amide bonds. The Hall–Kier alpha value is -6.02. The second-order valence-electron chi connectivity index (χ2n) is 10.6. The lowest BCUT2D eigenvalue weighted by Crippen LogP contribution is -2.81. The number of hydrogen-bond donors (Lipinski definition) is 0. The van der Waals surface area contributed by atoms with Gasteiger partial charge in [0.15, 0.2) is 74.8 Å². The molecular weight excluding hydrogens is 807 g/mol. The van der Waals surface area contributed by atoms with Crippen molar-refractivity contribution in [3.8, 4) is 5.75 Å². The first-order valence-electron chi connectivity index (χ1n) is 13.8. The van der Waals surface area contributed by atoms with Gasteiger partial charge in [0.25, 0.3) is 0 Å². The molecule has 0 aliphatic rings. The SMILES string of the molecule is COc1ccc([N+]#N)cc1.Fc1c(F)c(F)c([B-](c2c(F)c(F)c(F)c(F)c2F)(c2c(F)c(F)c(F)c(F)c2F)c2c(F)c(F)c(F)c(F)c2F)c(F)c1F. The molecular formula is C31H7BF20N2O. The number of diazo groups is 1. The summed E-state index contributed by atoms with van der Waals surface area (Å²) in [6.07, 6.45) is -7.22. The molecule has 55 heavy (non-hydrogen) atoms. The number of rotatable bonds is 5. The summed E-state index contributed by atoms with van der Waals surface area (Å²) in [4.78, 5) is 2.99. The van der Waals surface area contributed by atoms with Crippen LogP contribution in [0.25, 0.3) is 4.98 Å². The molecule has 5 aromatic carbocycles. The molecule has 0 aliphatic carbocycles. The van der Waals surface area contributed by atoms with E-state index in [4.69, 9.17) is 10.1 Å². The largest absolute Gasteiger partial charge is 0.497 e. The molecule has 0 fully saturated rings. The third kappa shape index (κ3) is 6.19. The van der Waals surface area contributed by atoms with E-state index in [9.17, 15) is 52.7 Å². The number of halogens is 20. The van der Waals surface area contributed by atoms with Crippen molar-refractivity contribution < 1.29 is 92.5 Å². The van der Waals surface area contributed by atoms with Gasteiger partial charge in [-0.15, -0.1) is 21.9 Å². The van der Waals surface area contributed by atoms with Crippen LogP contribution in [-0.4, -0.2) is 13.3 Å². The summed E-state index contributed by atoms with van der Waals surface area (Å²) in [6, 6.07) is 6.79. The predicted octanol–water partition coefficient (Wildman–Crippen LogP) is 8.03. The van der Waals surface area contributed by atoms with Crippen LogP contribution in [0.4, 0.5) is 93.5 Å². The normalized spacial score (nSPS) is 11.3. The number of nitrogens with zero attached hydrogens (tertiary/aromatic N) is 2. The topological polar surface area (TPSA) is 37.4 Å². The fourth-order valence-electron chi connectivity index (χ4n) is 5.52. The van der Waals surface area contributed by atoms with Gasteiger partial charge in [0, 0.05) is 12.1 Å². The van der Waals surface area contributed by atoms with Gasteiger partial charge >= 0.3 is 5.69 Å². The van der Waals surface area contributed by atoms with Gasteiger partial charge < -0.3 is 4.74 Å². The molecule has 0 spiro atoms. The maximum absolute atomic E-state index is 15.4. The van der Waals surface area contributed by atoms with Gasteiger partial charge in [-0.25, -0.2) is 87.8 Å². The average Bonchev–Trinajstić information content (AvgIpc) is 3.17. The minimum Gasteiger partial charge on any atom is -0.497 e. The van der Waals surface area contributed by atoms with Crippen LogP contribution in [0, 0.1) is 122 Å². The highest BCUT2D eigenvalue weighted by Crippen LogP contribution is 2.30. The molecule has 0 N–H and O–H groups in total. The number of ether oxygens (including phenoxy) is 1. The minimum absolute atomic E-state index is 0.529. The Bertz CT molecular complexity index is 2050. The van der Waals surface area contributed by atoms with Crippen molar-refractivity contribution in [1.82, 2.24) is 0 Å². The Kier molecular flexibility index (Phi) is 11.4. The second-order valence-corrected chi connectivity index (χ2v) is 10.6. The summed E-state index contributed by atoms with van der Waals surface area (Å²) >= 11 is 0. The van der Waals surface area contributed by atoms with Crippen molar-refractivity contribution in [2.45, 2.75) is 0 Å². The van der Waals surface area contributed by atoms with Gasteiger partial charge in [0.2, 0.25) is 5.39 Å². The number of benzene rings is 5. The Labute approximate surface area is 290 Å². The highest BCUT2D eigenvalue weighted by molar-refractivity contribution is 7.20. The quantitative estimate of drug-likeness (QED) is 0.0593. The Morgan fingerprint density at radius 1 is 0.345 bits per heavy atom. The van der Waals surface area contributed by atoms with Crippen LogP contribution in [0.2, 0.25) is 0 Å². The molecule has 0 bridgehead atoms. The van der Waals surface area contributed by atoms with E-state index in [2.05, 4.69) is 4.98 Å². The highest BCUT2D eigenvalue weighted by Gasteiger charge is 2.52. The van der Waals surface area contributed by atoms with Crippen LogP contribution in [0.1, 0.15) is 0 Å². The molecule has 0 saturated heterocycles. The molecule has 0 atom stereocenters. The van der Waals surface area contributed by atoms with Gasteiger partial charge in [-0.3, -0.25) is 0 Å². The van der Waals surface area contributed by atoms with E-state index in [1.807, 2.05) is 0 Å². The third-order valence-corrected chi connectivity index (χ3v) is 7.89. The highest BCUT2D eigenvalue weighted by atomic mass is 19.2. The van der Waals surface area contributed by atoms with E-state index in [1.165, 1.54) is 0 Å². The van der Waals surface area contributed by atoms with Crippen LogP contribution in [0.5, 0.6) is 5.75 Å². The zero-order valence-electron chi connectivity index (χ0n) is 25.7. The standard InChI is InChI=1S/C24BF20.C7H7N2O/c26-5-1(6(27)14(35)21(42)13(5)34)25(2-7(28)15(36)22(43)16(37)8(2)29,3-9(30)17(38)23(44)18(39)10(3)31)4-11(32)19(40)24(45)20(41)12(4)33;1-10-7-4-2-6(9-8)3-5-7/h;2-5H,1H3/q-1;+1. The van der Waals surface area contributed by atoms with Crippen molar-refractivity contribution in [3.63, 3.8) is 0 Å². The summed E-state index contributed by atoms with van der Waals surface area (Å²) in [5, 5.41) is 8.29. The number of methoxy groups -OCH3 is 1. The molecule has 5 aromatic rings. The maximum atomic E-state index is 15.4. The molecule has 24 heteroatoms. The van der Waals surface area contributed by atoms with Crippen molar-refractivity contribution in [2.24, 2.45) is 0 Å². The monoisotopic (exact) mass is 814 g/mol. The van der Waals surface area contributed by atoms with Crippen LogP contribution in [0.15, 0.2) is 24.3 Å². The van der Waals surface area contributed by atoms with E-state index in [0.29, 0.717) is 5.69 Å². The number of hydrogen-bond acceptors (Lipinski definition) is 2. The Morgan fingerprint density at radius 3 is 0.691 bits per heavy atom. The van der Waals surface area contributed by atoms with Gasteiger partial charge in [-0.05, 0) is 12.1 Å². The second kappa shape index (κ2) is 15.0. The zero-order chi connectivity index (χ0) is 41.8. The van der Waals surface area contributed by atoms with Crippen LogP contribution < -0.4 is 26.6 Å². The van der Waals surface area contributed by atoms with E-state index in [0.717, 1.165) is 5.75 Å². The lowest BCUT2D eigenvalue weighted by atomic mass is 9.12. The Morgan fingerprint density at radius 2 is 0.527 bits per heavy atom. The van der Waals surface area contributed by atoms with Gasteiger partial charge in [-0.1, -0.05) is 0 Å². The van der Waals surface area contributed by atoms with Gasteiger partial charge in [0.05, 0.1) is 7.11 Å². The first-order chi connectivity index (χ1) is 25.6. The maximum Gasteiger partial charge on any atom is 0.385 e. The van der Waals surface area contributed by atoms with Crippen molar-refractivity contribution >= 4 is 33.7 Å².